The second-order valence-electron chi connectivity index (χ2n) is 6.44. The highest BCUT2D eigenvalue weighted by molar-refractivity contribution is 7.09. The van der Waals surface area contributed by atoms with Crippen molar-refractivity contribution in [3.05, 3.63) is 39.0 Å². The van der Waals surface area contributed by atoms with Crippen LogP contribution in [0, 0.1) is 0 Å². The quantitative estimate of drug-likeness (QED) is 0.804. The first-order valence-electron chi connectivity index (χ1n) is 8.53. The van der Waals surface area contributed by atoms with Crippen molar-refractivity contribution in [3.63, 3.8) is 0 Å². The van der Waals surface area contributed by atoms with Crippen LogP contribution < -0.4 is 0 Å². The number of halogens is 3. The van der Waals surface area contributed by atoms with E-state index < -0.39 is 12.1 Å². The molecule has 0 saturated carbocycles. The number of carboxylic acid groups (broad SMARTS) is 1. The third-order valence-corrected chi connectivity index (χ3v) is 6.23. The molecule has 1 amide bonds. The number of hydrogen-bond donors (Lipinski definition) is 1. The molecule has 2 fully saturated rings. The zero-order valence-corrected chi connectivity index (χ0v) is 16.3. The minimum Gasteiger partial charge on any atom is -0.475 e. The van der Waals surface area contributed by atoms with Crippen molar-refractivity contribution in [2.24, 2.45) is 0 Å². The number of rotatable bonds is 3. The van der Waals surface area contributed by atoms with Crippen molar-refractivity contribution in [2.75, 3.05) is 13.1 Å². The average Bonchev–Trinajstić information content (AvgIpc) is 3.42. The Hall–Kier alpha value is -1.98. The lowest BCUT2D eigenvalue weighted by atomic mass is 10.1. The van der Waals surface area contributed by atoms with Gasteiger partial charge in [0.05, 0.1) is 5.51 Å². The van der Waals surface area contributed by atoms with E-state index >= 15 is 0 Å². The summed E-state index contributed by atoms with van der Waals surface area (Å²) in [6.45, 7) is 2.98. The molecular formula is C17H18F3N3O3S2. The number of nitrogens with zero attached hydrogens (tertiary/aromatic N) is 3. The second-order valence-corrected chi connectivity index (χ2v) is 8.19. The number of carbonyl (C=O) groups excluding carboxylic acids is 1. The zero-order valence-electron chi connectivity index (χ0n) is 14.6. The van der Waals surface area contributed by atoms with Crippen molar-refractivity contribution in [2.45, 2.75) is 37.6 Å². The molecule has 4 rings (SSSR count). The Morgan fingerprint density at radius 1 is 1.25 bits per heavy atom. The van der Waals surface area contributed by atoms with Gasteiger partial charge in [0, 0.05) is 42.0 Å². The van der Waals surface area contributed by atoms with Crippen molar-refractivity contribution >= 4 is 34.6 Å². The molecule has 28 heavy (non-hydrogen) atoms. The molecule has 6 nitrogen and oxygen atoms in total. The van der Waals surface area contributed by atoms with Gasteiger partial charge < -0.3 is 10.0 Å². The minimum absolute atomic E-state index is 0.113. The number of carboxylic acids is 1. The summed E-state index contributed by atoms with van der Waals surface area (Å²) in [6.07, 6.45) is -2.90. The normalized spacial score (nSPS) is 21.9. The Bertz CT molecular complexity index is 796. The molecule has 2 saturated heterocycles. The molecule has 0 aromatic carbocycles. The fourth-order valence-electron chi connectivity index (χ4n) is 3.59. The van der Waals surface area contributed by atoms with Crippen LogP contribution in [0.3, 0.4) is 0 Å². The van der Waals surface area contributed by atoms with Gasteiger partial charge in [-0.3, -0.25) is 9.69 Å². The van der Waals surface area contributed by atoms with Crippen LogP contribution in [-0.2, 0) is 11.3 Å². The number of likely N-dealkylation sites (tertiary alicyclic amines) is 2. The molecule has 11 heteroatoms. The van der Waals surface area contributed by atoms with E-state index in [4.69, 9.17) is 9.90 Å². The molecular weight excluding hydrogens is 415 g/mol. The number of fused-ring (bicyclic) bond motifs is 1. The Morgan fingerprint density at radius 2 is 1.96 bits per heavy atom. The minimum atomic E-state index is -5.08. The summed E-state index contributed by atoms with van der Waals surface area (Å²) in [4.78, 5) is 31.6. The Morgan fingerprint density at radius 3 is 2.54 bits per heavy atom. The Labute approximate surface area is 167 Å². The van der Waals surface area contributed by atoms with E-state index in [1.807, 2.05) is 21.6 Å². The van der Waals surface area contributed by atoms with Crippen molar-refractivity contribution < 1.29 is 27.9 Å². The lowest BCUT2D eigenvalue weighted by Crippen LogP contribution is -2.39. The van der Waals surface area contributed by atoms with E-state index in [-0.39, 0.29) is 5.91 Å². The first kappa shape index (κ1) is 20.7. The van der Waals surface area contributed by atoms with Gasteiger partial charge in [0.25, 0.3) is 5.91 Å². The molecule has 0 spiro atoms. The van der Waals surface area contributed by atoms with Gasteiger partial charge in [-0.15, -0.1) is 22.7 Å². The molecule has 4 heterocycles. The number of carbonyl (C=O) groups is 2. The smallest absolute Gasteiger partial charge is 0.475 e. The van der Waals surface area contributed by atoms with Gasteiger partial charge in [-0.2, -0.15) is 13.2 Å². The van der Waals surface area contributed by atoms with Crippen molar-refractivity contribution in [3.8, 4) is 0 Å². The van der Waals surface area contributed by atoms with Gasteiger partial charge in [0.1, 0.15) is 5.69 Å². The fourth-order valence-corrected chi connectivity index (χ4v) is 4.85. The Kier molecular flexibility index (Phi) is 6.36. The summed E-state index contributed by atoms with van der Waals surface area (Å²) in [5, 5.41) is 11.1. The molecule has 2 aliphatic heterocycles. The van der Waals surface area contributed by atoms with Crippen LogP contribution >= 0.6 is 22.7 Å². The number of aromatic nitrogens is 1. The first-order chi connectivity index (χ1) is 13.3. The standard InChI is InChI=1S/C15H17N3OS2.C2HF3O2/c19-15(12-9-20-10-16-12)18-6-4-13-14(18)3-5-17(13)8-11-2-1-7-21-11;3-2(4,5)1(6)7/h1-2,7,9-10,13-14H,3-6,8H2;(H,6,7)/t13-,14+;/m1./s1. The van der Waals surface area contributed by atoms with E-state index in [2.05, 4.69) is 27.4 Å². The average molecular weight is 433 g/mol. The van der Waals surface area contributed by atoms with Crippen LogP contribution in [0.2, 0.25) is 0 Å². The summed E-state index contributed by atoms with van der Waals surface area (Å²) < 4.78 is 31.7. The summed E-state index contributed by atoms with van der Waals surface area (Å²) >= 11 is 3.31. The maximum absolute atomic E-state index is 12.5. The molecule has 2 aromatic heterocycles. The molecule has 0 radical (unpaired) electrons. The van der Waals surface area contributed by atoms with Gasteiger partial charge in [0.15, 0.2) is 0 Å². The number of aliphatic carboxylic acids is 1. The largest absolute Gasteiger partial charge is 0.490 e. The third kappa shape index (κ3) is 4.70. The number of alkyl halides is 3. The first-order valence-corrected chi connectivity index (χ1v) is 10.4. The zero-order chi connectivity index (χ0) is 20.3. The summed E-state index contributed by atoms with van der Waals surface area (Å²) in [7, 11) is 0. The van der Waals surface area contributed by atoms with Crippen LogP contribution in [0.4, 0.5) is 13.2 Å². The third-order valence-electron chi connectivity index (χ3n) is 4.79. The van der Waals surface area contributed by atoms with E-state index in [1.54, 1.807) is 5.51 Å². The predicted molar refractivity (Wildman–Crippen MR) is 98.4 cm³/mol. The highest BCUT2D eigenvalue weighted by Gasteiger charge is 2.44. The highest BCUT2D eigenvalue weighted by atomic mass is 32.1. The van der Waals surface area contributed by atoms with Crippen molar-refractivity contribution in [1.29, 1.82) is 0 Å². The second kappa shape index (κ2) is 8.58. The molecule has 0 aliphatic carbocycles. The lowest BCUT2D eigenvalue weighted by molar-refractivity contribution is -0.192. The summed E-state index contributed by atoms with van der Waals surface area (Å²) in [5.41, 5.74) is 2.34. The fraction of sp³-hybridized carbons (Fsp3) is 0.471. The summed E-state index contributed by atoms with van der Waals surface area (Å²) in [6, 6.07) is 5.21. The van der Waals surface area contributed by atoms with Gasteiger partial charge >= 0.3 is 12.1 Å². The van der Waals surface area contributed by atoms with Gasteiger partial charge in [-0.1, -0.05) is 6.07 Å². The van der Waals surface area contributed by atoms with Crippen LogP contribution in [0.25, 0.3) is 0 Å². The maximum Gasteiger partial charge on any atom is 0.490 e. The molecule has 2 aromatic rings. The number of amides is 1. The van der Waals surface area contributed by atoms with Crippen LogP contribution in [-0.4, -0.2) is 63.1 Å². The molecule has 0 bridgehead atoms. The van der Waals surface area contributed by atoms with Gasteiger partial charge in [0.2, 0.25) is 0 Å². The van der Waals surface area contributed by atoms with Crippen LogP contribution in [0.15, 0.2) is 28.4 Å². The van der Waals surface area contributed by atoms with Crippen LogP contribution in [0.1, 0.15) is 28.2 Å². The SMILES string of the molecule is O=C(O)C(F)(F)F.O=C(c1cscn1)N1CC[C@@H]2[C@@H]1CCN2Cc1cccs1. The van der Waals surface area contributed by atoms with Gasteiger partial charge in [-0.05, 0) is 24.3 Å². The molecule has 152 valence electrons. The molecule has 2 aliphatic rings. The monoisotopic (exact) mass is 433 g/mol. The van der Waals surface area contributed by atoms with E-state index in [0.717, 1.165) is 32.5 Å². The highest BCUT2D eigenvalue weighted by Crippen LogP contribution is 2.34. The lowest BCUT2D eigenvalue weighted by Gasteiger charge is -2.25. The number of hydrogen-bond acceptors (Lipinski definition) is 6. The van der Waals surface area contributed by atoms with Crippen LogP contribution in [0.5, 0.6) is 0 Å². The molecule has 1 N–H and O–H groups in total. The van der Waals surface area contributed by atoms with E-state index in [1.165, 1.54) is 16.2 Å². The molecule has 2 atom stereocenters. The number of thiophene rings is 1. The Balaban J connectivity index is 0.000000279. The maximum atomic E-state index is 12.5. The number of thiazole rings is 1. The molecule has 0 unspecified atom stereocenters. The summed E-state index contributed by atoms with van der Waals surface area (Å²) in [5.74, 6) is -2.64. The van der Waals surface area contributed by atoms with E-state index in [9.17, 15) is 18.0 Å². The van der Waals surface area contributed by atoms with E-state index in [0.29, 0.717) is 17.8 Å². The predicted octanol–water partition coefficient (Wildman–Crippen LogP) is 3.33. The van der Waals surface area contributed by atoms with Crippen molar-refractivity contribution in [1.82, 2.24) is 14.8 Å². The topological polar surface area (TPSA) is 73.7 Å². The van der Waals surface area contributed by atoms with Gasteiger partial charge in [-0.25, -0.2) is 9.78 Å².